The van der Waals surface area contributed by atoms with Gasteiger partial charge in [-0.25, -0.2) is 0 Å². The standard InChI is InChI=1S/C13H20O2/c1-3-10(4-2)11-5-6-12(8-14)13(7-11)9-15/h5-7,10,14-15H,3-4,8-9H2,1-2H3. The second kappa shape index (κ2) is 5.89. The lowest BCUT2D eigenvalue weighted by atomic mass is 9.91. The van der Waals surface area contributed by atoms with E-state index in [1.807, 2.05) is 12.1 Å². The summed E-state index contributed by atoms with van der Waals surface area (Å²) < 4.78 is 0. The van der Waals surface area contributed by atoms with Crippen LogP contribution in [0.5, 0.6) is 0 Å². The van der Waals surface area contributed by atoms with Gasteiger partial charge in [-0.05, 0) is 35.4 Å². The van der Waals surface area contributed by atoms with Crippen LogP contribution in [0.1, 0.15) is 49.3 Å². The minimum absolute atomic E-state index is 0.000903. The van der Waals surface area contributed by atoms with E-state index < -0.39 is 0 Å². The van der Waals surface area contributed by atoms with Crippen molar-refractivity contribution in [3.05, 3.63) is 34.9 Å². The minimum Gasteiger partial charge on any atom is -0.392 e. The van der Waals surface area contributed by atoms with Crippen molar-refractivity contribution in [2.45, 2.75) is 45.8 Å². The molecule has 0 saturated heterocycles. The number of rotatable bonds is 5. The summed E-state index contributed by atoms with van der Waals surface area (Å²) in [6.07, 6.45) is 2.22. The molecule has 84 valence electrons. The van der Waals surface area contributed by atoms with Gasteiger partial charge in [-0.3, -0.25) is 0 Å². The Morgan fingerprint density at radius 1 is 1.00 bits per heavy atom. The summed E-state index contributed by atoms with van der Waals surface area (Å²) in [5.41, 5.74) is 2.94. The van der Waals surface area contributed by atoms with Crippen LogP contribution in [-0.4, -0.2) is 10.2 Å². The first-order valence-corrected chi connectivity index (χ1v) is 5.60. The smallest absolute Gasteiger partial charge is 0.0685 e. The molecule has 0 aliphatic carbocycles. The lowest BCUT2D eigenvalue weighted by molar-refractivity contribution is 0.260. The van der Waals surface area contributed by atoms with E-state index >= 15 is 0 Å². The second-order valence-electron chi connectivity index (χ2n) is 3.86. The first-order chi connectivity index (χ1) is 7.26. The van der Waals surface area contributed by atoms with Crippen molar-refractivity contribution in [3.8, 4) is 0 Å². The quantitative estimate of drug-likeness (QED) is 0.780. The van der Waals surface area contributed by atoms with Crippen LogP contribution >= 0.6 is 0 Å². The molecule has 0 saturated carbocycles. The van der Waals surface area contributed by atoms with Crippen LogP contribution in [0, 0.1) is 0 Å². The van der Waals surface area contributed by atoms with Gasteiger partial charge in [-0.1, -0.05) is 32.0 Å². The Hall–Kier alpha value is -0.860. The van der Waals surface area contributed by atoms with Gasteiger partial charge in [0.25, 0.3) is 0 Å². The molecule has 0 unspecified atom stereocenters. The van der Waals surface area contributed by atoms with Crippen molar-refractivity contribution < 1.29 is 10.2 Å². The van der Waals surface area contributed by atoms with E-state index in [9.17, 15) is 5.11 Å². The Labute approximate surface area is 91.6 Å². The molecule has 0 radical (unpaired) electrons. The van der Waals surface area contributed by atoms with Crippen LogP contribution in [0.25, 0.3) is 0 Å². The molecule has 0 aromatic heterocycles. The van der Waals surface area contributed by atoms with Gasteiger partial charge in [0.1, 0.15) is 0 Å². The Morgan fingerprint density at radius 2 is 1.60 bits per heavy atom. The predicted octanol–water partition coefficient (Wildman–Crippen LogP) is 2.57. The predicted molar refractivity (Wildman–Crippen MR) is 61.6 cm³/mol. The molecule has 0 aliphatic rings. The van der Waals surface area contributed by atoms with Gasteiger partial charge in [0.15, 0.2) is 0 Å². The molecule has 2 nitrogen and oxygen atoms in total. The highest BCUT2D eigenvalue weighted by molar-refractivity contribution is 5.33. The molecule has 0 bridgehead atoms. The van der Waals surface area contributed by atoms with E-state index in [4.69, 9.17) is 5.11 Å². The third-order valence-electron chi connectivity index (χ3n) is 3.03. The summed E-state index contributed by atoms with van der Waals surface area (Å²) in [5, 5.41) is 18.3. The Balaban J connectivity index is 3.01. The van der Waals surface area contributed by atoms with E-state index in [-0.39, 0.29) is 13.2 Å². The van der Waals surface area contributed by atoms with E-state index in [1.165, 1.54) is 5.56 Å². The lowest BCUT2D eigenvalue weighted by Gasteiger charge is -2.15. The van der Waals surface area contributed by atoms with Crippen LogP contribution < -0.4 is 0 Å². The molecule has 0 heterocycles. The molecule has 1 rings (SSSR count). The van der Waals surface area contributed by atoms with Crippen molar-refractivity contribution in [2.75, 3.05) is 0 Å². The van der Waals surface area contributed by atoms with Crippen LogP contribution in [-0.2, 0) is 13.2 Å². The normalized spacial score (nSPS) is 11.0. The Kier molecular flexibility index (Phi) is 4.79. The van der Waals surface area contributed by atoms with E-state index in [0.29, 0.717) is 5.92 Å². The fourth-order valence-electron chi connectivity index (χ4n) is 1.96. The number of aliphatic hydroxyl groups is 2. The molecule has 1 aromatic rings. The first kappa shape index (κ1) is 12.2. The van der Waals surface area contributed by atoms with Crippen molar-refractivity contribution in [1.29, 1.82) is 0 Å². The van der Waals surface area contributed by atoms with Gasteiger partial charge in [-0.2, -0.15) is 0 Å². The summed E-state index contributed by atoms with van der Waals surface area (Å²) in [6, 6.07) is 5.99. The maximum Gasteiger partial charge on any atom is 0.0685 e. The van der Waals surface area contributed by atoms with Gasteiger partial charge in [0.05, 0.1) is 13.2 Å². The van der Waals surface area contributed by atoms with Gasteiger partial charge >= 0.3 is 0 Å². The molecule has 2 N–H and O–H groups in total. The molecule has 2 heteroatoms. The molecule has 0 aliphatic heterocycles. The van der Waals surface area contributed by atoms with Crippen molar-refractivity contribution in [2.24, 2.45) is 0 Å². The third kappa shape index (κ3) is 2.80. The van der Waals surface area contributed by atoms with Gasteiger partial charge < -0.3 is 10.2 Å². The monoisotopic (exact) mass is 208 g/mol. The third-order valence-corrected chi connectivity index (χ3v) is 3.03. The number of hydrogen-bond donors (Lipinski definition) is 2. The summed E-state index contributed by atoms with van der Waals surface area (Å²) >= 11 is 0. The highest BCUT2D eigenvalue weighted by Crippen LogP contribution is 2.25. The van der Waals surface area contributed by atoms with Gasteiger partial charge in [0.2, 0.25) is 0 Å². The maximum absolute atomic E-state index is 9.19. The molecular weight excluding hydrogens is 188 g/mol. The van der Waals surface area contributed by atoms with E-state index in [2.05, 4.69) is 19.9 Å². The molecular formula is C13H20O2. The number of benzene rings is 1. The number of aliphatic hydroxyl groups excluding tert-OH is 2. The van der Waals surface area contributed by atoms with Crippen LogP contribution in [0.4, 0.5) is 0 Å². The summed E-state index contributed by atoms with van der Waals surface area (Å²) in [6.45, 7) is 4.35. The topological polar surface area (TPSA) is 40.5 Å². The highest BCUT2D eigenvalue weighted by Gasteiger charge is 2.09. The molecule has 1 aromatic carbocycles. The van der Waals surface area contributed by atoms with E-state index in [0.717, 1.165) is 24.0 Å². The summed E-state index contributed by atoms with van der Waals surface area (Å²) in [7, 11) is 0. The fraction of sp³-hybridized carbons (Fsp3) is 0.538. The first-order valence-electron chi connectivity index (χ1n) is 5.60. The summed E-state index contributed by atoms with van der Waals surface area (Å²) in [5.74, 6) is 0.558. The SMILES string of the molecule is CCC(CC)c1ccc(CO)c(CO)c1. The van der Waals surface area contributed by atoms with Crippen molar-refractivity contribution in [3.63, 3.8) is 0 Å². The zero-order valence-electron chi connectivity index (χ0n) is 9.53. The van der Waals surface area contributed by atoms with Crippen molar-refractivity contribution >= 4 is 0 Å². The average molecular weight is 208 g/mol. The zero-order chi connectivity index (χ0) is 11.3. The fourth-order valence-corrected chi connectivity index (χ4v) is 1.96. The zero-order valence-corrected chi connectivity index (χ0v) is 9.53. The Bertz CT molecular complexity index is 303. The lowest BCUT2D eigenvalue weighted by Crippen LogP contribution is -2.00. The number of hydrogen-bond acceptors (Lipinski definition) is 2. The Morgan fingerprint density at radius 3 is 2.07 bits per heavy atom. The molecule has 0 atom stereocenters. The maximum atomic E-state index is 9.19. The van der Waals surface area contributed by atoms with E-state index in [1.54, 1.807) is 0 Å². The van der Waals surface area contributed by atoms with Gasteiger partial charge in [-0.15, -0.1) is 0 Å². The largest absolute Gasteiger partial charge is 0.392 e. The van der Waals surface area contributed by atoms with Crippen molar-refractivity contribution in [1.82, 2.24) is 0 Å². The van der Waals surface area contributed by atoms with Crippen LogP contribution in [0.3, 0.4) is 0 Å². The second-order valence-corrected chi connectivity index (χ2v) is 3.86. The molecule has 0 amide bonds. The average Bonchev–Trinajstić information content (AvgIpc) is 2.30. The van der Waals surface area contributed by atoms with Crippen LogP contribution in [0.2, 0.25) is 0 Å². The molecule has 0 spiro atoms. The van der Waals surface area contributed by atoms with Gasteiger partial charge in [0, 0.05) is 0 Å². The van der Waals surface area contributed by atoms with Crippen LogP contribution in [0.15, 0.2) is 18.2 Å². The minimum atomic E-state index is -0.000903. The molecule has 15 heavy (non-hydrogen) atoms. The highest BCUT2D eigenvalue weighted by atomic mass is 16.3. The summed E-state index contributed by atoms with van der Waals surface area (Å²) in [4.78, 5) is 0. The molecule has 0 fully saturated rings.